The van der Waals surface area contributed by atoms with Crippen molar-refractivity contribution in [3.05, 3.63) is 44.8 Å². The van der Waals surface area contributed by atoms with Crippen LogP contribution in [0.15, 0.2) is 34.2 Å². The van der Waals surface area contributed by atoms with Crippen molar-refractivity contribution >= 4 is 33.2 Å². The number of aromatic carboxylic acids is 1. The number of ether oxygens (including phenoxy) is 1. The Morgan fingerprint density at radius 3 is 2.76 bits per heavy atom. The zero-order valence-corrected chi connectivity index (χ0v) is 11.0. The van der Waals surface area contributed by atoms with Crippen LogP contribution in [0.1, 0.15) is 15.4 Å². The van der Waals surface area contributed by atoms with Crippen LogP contribution in [0.2, 0.25) is 0 Å². The van der Waals surface area contributed by atoms with Gasteiger partial charge in [0.15, 0.2) is 5.69 Å². The maximum atomic E-state index is 10.8. The van der Waals surface area contributed by atoms with Gasteiger partial charge >= 0.3 is 5.97 Å². The van der Waals surface area contributed by atoms with Crippen molar-refractivity contribution in [3.8, 4) is 5.75 Å². The third kappa shape index (κ3) is 3.04. The van der Waals surface area contributed by atoms with Gasteiger partial charge in [-0.3, -0.25) is 0 Å². The Labute approximate surface area is 110 Å². The van der Waals surface area contributed by atoms with E-state index in [0.29, 0.717) is 10.6 Å². The minimum atomic E-state index is -1.03. The minimum absolute atomic E-state index is 0.0621. The highest BCUT2D eigenvalue weighted by molar-refractivity contribution is 9.10. The second-order valence-electron chi connectivity index (χ2n) is 3.17. The van der Waals surface area contributed by atoms with Crippen LogP contribution >= 0.6 is 27.3 Å². The molecule has 0 amide bonds. The number of benzene rings is 1. The van der Waals surface area contributed by atoms with E-state index in [2.05, 4.69) is 20.9 Å². The number of thiazole rings is 1. The number of carboxylic acid groups (broad SMARTS) is 1. The third-order valence-electron chi connectivity index (χ3n) is 2.03. The number of hydrogen-bond donors (Lipinski definition) is 1. The van der Waals surface area contributed by atoms with E-state index in [0.717, 1.165) is 4.47 Å². The highest BCUT2D eigenvalue weighted by Gasteiger charge is 2.13. The van der Waals surface area contributed by atoms with Gasteiger partial charge in [-0.1, -0.05) is 15.9 Å². The summed E-state index contributed by atoms with van der Waals surface area (Å²) in [6, 6.07) is 7.34. The molecule has 0 unspecified atom stereocenters. The lowest BCUT2D eigenvalue weighted by Crippen LogP contribution is -2.03. The summed E-state index contributed by atoms with van der Waals surface area (Å²) < 4.78 is 6.45. The van der Waals surface area contributed by atoms with Gasteiger partial charge in [-0.05, 0) is 24.3 Å². The van der Waals surface area contributed by atoms with Crippen molar-refractivity contribution in [2.75, 3.05) is 0 Å². The Bertz CT molecular complexity index is 524. The van der Waals surface area contributed by atoms with Crippen LogP contribution in [-0.2, 0) is 6.61 Å². The largest absolute Gasteiger partial charge is 0.488 e. The molecule has 0 aliphatic heterocycles. The molecular weight excluding hydrogens is 306 g/mol. The molecule has 0 fully saturated rings. The van der Waals surface area contributed by atoms with E-state index >= 15 is 0 Å². The number of rotatable bonds is 4. The number of nitrogens with zero attached hydrogens (tertiary/aromatic N) is 1. The summed E-state index contributed by atoms with van der Waals surface area (Å²) in [5.74, 6) is -0.335. The Morgan fingerprint density at radius 2 is 2.12 bits per heavy atom. The van der Waals surface area contributed by atoms with Crippen LogP contribution in [0.4, 0.5) is 0 Å². The Hall–Kier alpha value is -1.40. The second-order valence-corrected chi connectivity index (χ2v) is 5.03. The fourth-order valence-corrected chi connectivity index (χ4v) is 2.16. The zero-order chi connectivity index (χ0) is 12.3. The molecule has 88 valence electrons. The normalized spacial score (nSPS) is 10.2. The van der Waals surface area contributed by atoms with E-state index in [1.54, 1.807) is 0 Å². The molecule has 2 rings (SSSR count). The standard InChI is InChI=1S/C11H8BrNO3S/c12-7-1-3-8(4-2-7)16-5-9-10(11(14)15)13-6-17-9/h1-4,6H,5H2,(H,14,15). The molecule has 1 aromatic heterocycles. The van der Waals surface area contributed by atoms with Crippen LogP contribution in [0.3, 0.4) is 0 Å². The predicted molar refractivity (Wildman–Crippen MR) is 67.5 cm³/mol. The fourth-order valence-electron chi connectivity index (χ4n) is 1.23. The summed E-state index contributed by atoms with van der Waals surface area (Å²) >= 11 is 4.60. The molecule has 17 heavy (non-hydrogen) atoms. The third-order valence-corrected chi connectivity index (χ3v) is 3.36. The second kappa shape index (κ2) is 5.29. The van der Waals surface area contributed by atoms with Crippen LogP contribution in [0.5, 0.6) is 5.75 Å². The quantitative estimate of drug-likeness (QED) is 0.941. The van der Waals surface area contributed by atoms with Gasteiger partial charge in [0.05, 0.1) is 10.4 Å². The van der Waals surface area contributed by atoms with Crippen molar-refractivity contribution in [3.63, 3.8) is 0 Å². The molecule has 0 atom stereocenters. The van der Waals surface area contributed by atoms with E-state index in [1.165, 1.54) is 16.8 Å². The van der Waals surface area contributed by atoms with Gasteiger partial charge in [0.25, 0.3) is 0 Å². The number of hydrogen-bond acceptors (Lipinski definition) is 4. The molecule has 0 saturated carbocycles. The number of aromatic nitrogens is 1. The van der Waals surface area contributed by atoms with Gasteiger partial charge < -0.3 is 9.84 Å². The topological polar surface area (TPSA) is 59.4 Å². The van der Waals surface area contributed by atoms with E-state index < -0.39 is 5.97 Å². The Kier molecular flexibility index (Phi) is 3.75. The summed E-state index contributed by atoms with van der Waals surface area (Å²) in [5, 5.41) is 8.87. The van der Waals surface area contributed by atoms with Crippen LogP contribution in [-0.4, -0.2) is 16.1 Å². The first-order valence-electron chi connectivity index (χ1n) is 4.71. The summed E-state index contributed by atoms with van der Waals surface area (Å²) in [6.07, 6.45) is 0. The van der Waals surface area contributed by atoms with E-state index in [4.69, 9.17) is 9.84 Å². The molecular formula is C11H8BrNO3S. The maximum Gasteiger partial charge on any atom is 0.355 e. The summed E-state index contributed by atoms with van der Waals surface area (Å²) in [6.45, 7) is 0.216. The lowest BCUT2D eigenvalue weighted by atomic mass is 10.3. The van der Waals surface area contributed by atoms with Gasteiger partial charge in [0.2, 0.25) is 0 Å². The van der Waals surface area contributed by atoms with E-state index in [1.807, 2.05) is 24.3 Å². The van der Waals surface area contributed by atoms with Crippen molar-refractivity contribution < 1.29 is 14.6 Å². The highest BCUT2D eigenvalue weighted by atomic mass is 79.9. The summed E-state index contributed by atoms with van der Waals surface area (Å²) in [7, 11) is 0. The highest BCUT2D eigenvalue weighted by Crippen LogP contribution is 2.20. The van der Waals surface area contributed by atoms with Gasteiger partial charge in [-0.15, -0.1) is 11.3 Å². The predicted octanol–water partition coefficient (Wildman–Crippen LogP) is 3.18. The molecule has 6 heteroatoms. The van der Waals surface area contributed by atoms with Crippen LogP contribution in [0.25, 0.3) is 0 Å². The van der Waals surface area contributed by atoms with Gasteiger partial charge in [0, 0.05) is 4.47 Å². The molecule has 4 nitrogen and oxygen atoms in total. The molecule has 0 aliphatic rings. The van der Waals surface area contributed by atoms with Crippen molar-refractivity contribution in [1.29, 1.82) is 0 Å². The summed E-state index contributed by atoms with van der Waals surface area (Å²) in [5.41, 5.74) is 1.57. The van der Waals surface area contributed by atoms with E-state index in [-0.39, 0.29) is 12.3 Å². The molecule has 0 aliphatic carbocycles. The van der Waals surface area contributed by atoms with Crippen molar-refractivity contribution in [2.24, 2.45) is 0 Å². The zero-order valence-electron chi connectivity index (χ0n) is 8.59. The van der Waals surface area contributed by atoms with Crippen LogP contribution in [0, 0.1) is 0 Å². The Balaban J connectivity index is 2.05. The lowest BCUT2D eigenvalue weighted by molar-refractivity contribution is 0.0688. The minimum Gasteiger partial charge on any atom is -0.488 e. The molecule has 0 spiro atoms. The molecule has 1 N–H and O–H groups in total. The number of carboxylic acids is 1. The first-order chi connectivity index (χ1) is 8.16. The number of halogens is 1. The average Bonchev–Trinajstić information content (AvgIpc) is 2.76. The maximum absolute atomic E-state index is 10.8. The first-order valence-corrected chi connectivity index (χ1v) is 6.38. The molecule has 0 radical (unpaired) electrons. The molecule has 0 bridgehead atoms. The molecule has 0 saturated heterocycles. The van der Waals surface area contributed by atoms with Crippen molar-refractivity contribution in [1.82, 2.24) is 4.98 Å². The van der Waals surface area contributed by atoms with Gasteiger partial charge in [-0.2, -0.15) is 0 Å². The molecule has 2 aromatic rings. The van der Waals surface area contributed by atoms with E-state index in [9.17, 15) is 4.79 Å². The molecule has 1 aromatic carbocycles. The first kappa shape index (κ1) is 12.1. The lowest BCUT2D eigenvalue weighted by Gasteiger charge is -2.04. The molecule has 1 heterocycles. The fraction of sp³-hybridized carbons (Fsp3) is 0.0909. The summed E-state index contributed by atoms with van der Waals surface area (Å²) in [4.78, 5) is 15.2. The Morgan fingerprint density at radius 1 is 1.41 bits per heavy atom. The van der Waals surface area contributed by atoms with Crippen LogP contribution < -0.4 is 4.74 Å². The smallest absolute Gasteiger partial charge is 0.355 e. The van der Waals surface area contributed by atoms with Gasteiger partial charge in [-0.25, -0.2) is 9.78 Å². The van der Waals surface area contributed by atoms with Crippen molar-refractivity contribution in [2.45, 2.75) is 6.61 Å². The average molecular weight is 314 g/mol. The SMILES string of the molecule is O=C(O)c1ncsc1COc1ccc(Br)cc1. The van der Waals surface area contributed by atoms with Gasteiger partial charge in [0.1, 0.15) is 12.4 Å². The monoisotopic (exact) mass is 313 g/mol. The number of carbonyl (C=O) groups is 1.